The number of nitrogens with zero attached hydrogens (tertiary/aromatic N) is 3. The second kappa shape index (κ2) is 6.36. The van der Waals surface area contributed by atoms with E-state index in [4.69, 9.17) is 0 Å². The lowest BCUT2D eigenvalue weighted by Gasteiger charge is -2.38. The second-order valence-corrected chi connectivity index (χ2v) is 6.64. The van der Waals surface area contributed by atoms with Crippen molar-refractivity contribution in [3.05, 3.63) is 0 Å². The van der Waals surface area contributed by atoms with E-state index in [0.717, 1.165) is 0 Å². The first kappa shape index (κ1) is 14.3. The van der Waals surface area contributed by atoms with Crippen molar-refractivity contribution < 1.29 is 4.48 Å². The molecule has 106 valence electrons. The third-order valence-corrected chi connectivity index (χ3v) is 5.00. The lowest BCUT2D eigenvalue weighted by atomic mass is 10.1. The predicted octanol–water partition coefficient (Wildman–Crippen LogP) is 1.99. The predicted molar refractivity (Wildman–Crippen MR) is 77.5 cm³/mol. The summed E-state index contributed by atoms with van der Waals surface area (Å²) in [4.78, 5) is 5.36. The molecular weight excluding hydrogens is 222 g/mol. The molecule has 2 atom stereocenters. The van der Waals surface area contributed by atoms with Crippen molar-refractivity contribution in [2.75, 3.05) is 53.4 Å². The Morgan fingerprint density at radius 1 is 1.06 bits per heavy atom. The van der Waals surface area contributed by atoms with Crippen LogP contribution < -0.4 is 0 Å². The van der Waals surface area contributed by atoms with Crippen molar-refractivity contribution in [2.45, 2.75) is 45.2 Å². The highest BCUT2D eigenvalue weighted by molar-refractivity contribution is 4.76. The molecule has 2 aliphatic heterocycles. The molecule has 0 spiro atoms. The third-order valence-electron chi connectivity index (χ3n) is 5.00. The van der Waals surface area contributed by atoms with Gasteiger partial charge in [-0.3, -0.25) is 9.80 Å². The topological polar surface area (TPSA) is 6.48 Å². The lowest BCUT2D eigenvalue weighted by Crippen LogP contribution is -2.48. The van der Waals surface area contributed by atoms with Gasteiger partial charge in [0.1, 0.15) is 0 Å². The Kier molecular flexibility index (Phi) is 5.05. The second-order valence-electron chi connectivity index (χ2n) is 6.64. The molecule has 2 heterocycles. The van der Waals surface area contributed by atoms with E-state index >= 15 is 0 Å². The monoisotopic (exact) mass is 254 g/mol. The molecule has 0 aliphatic carbocycles. The van der Waals surface area contributed by atoms with E-state index in [0.29, 0.717) is 6.17 Å². The minimum atomic E-state index is 0.710. The quantitative estimate of drug-likeness (QED) is 0.711. The summed E-state index contributed by atoms with van der Waals surface area (Å²) in [6.45, 7) is 10.3. The van der Waals surface area contributed by atoms with Gasteiger partial charge in [-0.25, -0.2) is 0 Å². The minimum absolute atomic E-state index is 0.710. The van der Waals surface area contributed by atoms with Crippen molar-refractivity contribution in [1.82, 2.24) is 9.80 Å². The summed E-state index contributed by atoms with van der Waals surface area (Å²) >= 11 is 0. The van der Waals surface area contributed by atoms with Crippen LogP contribution >= 0.6 is 0 Å². The Bertz CT molecular complexity index is 250. The summed E-state index contributed by atoms with van der Waals surface area (Å²) in [6, 6.07) is 0. The van der Waals surface area contributed by atoms with Crippen LogP contribution in [-0.2, 0) is 0 Å². The zero-order chi connectivity index (χ0) is 13.0. The fourth-order valence-corrected chi connectivity index (χ4v) is 3.75. The smallest absolute Gasteiger partial charge is 0.0914 e. The van der Waals surface area contributed by atoms with Gasteiger partial charge < -0.3 is 4.48 Å². The summed E-state index contributed by atoms with van der Waals surface area (Å²) in [7, 11) is 4.79. The maximum Gasteiger partial charge on any atom is 0.0914 e. The molecule has 0 bridgehead atoms. The number of likely N-dealkylation sites (N-methyl/N-ethyl adjacent to an activating group) is 2. The highest BCUT2D eigenvalue weighted by Crippen LogP contribution is 2.21. The fraction of sp³-hybridized carbons (Fsp3) is 1.00. The highest BCUT2D eigenvalue weighted by Gasteiger charge is 2.32. The van der Waals surface area contributed by atoms with Crippen molar-refractivity contribution in [2.24, 2.45) is 0 Å². The first-order chi connectivity index (χ1) is 8.64. The van der Waals surface area contributed by atoms with E-state index < -0.39 is 0 Å². The summed E-state index contributed by atoms with van der Waals surface area (Å²) < 4.78 is 1.28. The van der Waals surface area contributed by atoms with Crippen LogP contribution in [0.25, 0.3) is 0 Å². The number of quaternary nitrogens is 1. The Morgan fingerprint density at radius 3 is 2.44 bits per heavy atom. The average molecular weight is 254 g/mol. The molecule has 0 N–H and O–H groups in total. The minimum Gasteiger partial charge on any atom is -0.325 e. The summed E-state index contributed by atoms with van der Waals surface area (Å²) in [5.41, 5.74) is 0. The van der Waals surface area contributed by atoms with Gasteiger partial charge in [-0.2, -0.15) is 0 Å². The number of hydrogen-bond acceptors (Lipinski definition) is 2. The molecule has 0 saturated carbocycles. The largest absolute Gasteiger partial charge is 0.325 e. The first-order valence-electron chi connectivity index (χ1n) is 7.92. The zero-order valence-corrected chi connectivity index (χ0v) is 12.7. The molecular formula is C15H32N3+. The molecule has 0 radical (unpaired) electrons. The van der Waals surface area contributed by atoms with Crippen LogP contribution in [0.5, 0.6) is 0 Å². The van der Waals surface area contributed by atoms with Crippen LogP contribution in [0.2, 0.25) is 0 Å². The summed E-state index contributed by atoms with van der Waals surface area (Å²) in [5, 5.41) is 0. The molecule has 18 heavy (non-hydrogen) atoms. The standard InChI is InChI=1S/C15H32N3/c1-4-12-18(3)13-8-15(16(2)11-14-18)17-9-6-5-7-10-17/h15H,4-14H2,1-3H3/q+1. The fourth-order valence-electron chi connectivity index (χ4n) is 3.75. The summed E-state index contributed by atoms with van der Waals surface area (Å²) in [6.07, 6.45) is 7.64. The highest BCUT2D eigenvalue weighted by atomic mass is 15.4. The van der Waals surface area contributed by atoms with Crippen LogP contribution in [0.1, 0.15) is 39.0 Å². The van der Waals surface area contributed by atoms with Crippen LogP contribution in [0.15, 0.2) is 0 Å². The molecule has 0 aromatic rings. The molecule has 3 heteroatoms. The maximum atomic E-state index is 2.74. The summed E-state index contributed by atoms with van der Waals surface area (Å²) in [5.74, 6) is 0. The van der Waals surface area contributed by atoms with Gasteiger partial charge in [-0.15, -0.1) is 0 Å². The van der Waals surface area contributed by atoms with E-state index in [1.165, 1.54) is 75.9 Å². The molecule has 0 amide bonds. The van der Waals surface area contributed by atoms with E-state index in [1.54, 1.807) is 0 Å². The first-order valence-corrected chi connectivity index (χ1v) is 7.92. The molecule has 2 aliphatic rings. The number of piperidine rings is 1. The van der Waals surface area contributed by atoms with Crippen LogP contribution in [0, 0.1) is 0 Å². The molecule has 2 unspecified atom stereocenters. The number of hydrogen-bond donors (Lipinski definition) is 0. The Labute approximate surface area is 113 Å². The van der Waals surface area contributed by atoms with Gasteiger partial charge >= 0.3 is 0 Å². The Balaban J connectivity index is 1.95. The van der Waals surface area contributed by atoms with Gasteiger partial charge in [0.05, 0.1) is 32.8 Å². The van der Waals surface area contributed by atoms with E-state index in [1.807, 2.05) is 0 Å². The van der Waals surface area contributed by atoms with Crippen molar-refractivity contribution in [1.29, 1.82) is 0 Å². The van der Waals surface area contributed by atoms with Crippen LogP contribution in [0.4, 0.5) is 0 Å². The van der Waals surface area contributed by atoms with Crippen molar-refractivity contribution in [3.63, 3.8) is 0 Å². The van der Waals surface area contributed by atoms with Crippen molar-refractivity contribution in [3.8, 4) is 0 Å². The number of likely N-dealkylation sites (tertiary alicyclic amines) is 1. The number of rotatable bonds is 3. The maximum absolute atomic E-state index is 2.74. The average Bonchev–Trinajstić information content (AvgIpc) is 2.52. The van der Waals surface area contributed by atoms with Crippen LogP contribution in [-0.4, -0.2) is 73.8 Å². The van der Waals surface area contributed by atoms with Gasteiger partial charge in [0, 0.05) is 13.0 Å². The molecule has 2 rings (SSSR count). The van der Waals surface area contributed by atoms with E-state index in [2.05, 4.69) is 30.8 Å². The molecule has 2 fully saturated rings. The molecule has 0 aromatic carbocycles. The normalized spacial score (nSPS) is 36.5. The lowest BCUT2D eigenvalue weighted by molar-refractivity contribution is -0.907. The molecule has 2 saturated heterocycles. The van der Waals surface area contributed by atoms with Gasteiger partial charge in [-0.1, -0.05) is 13.3 Å². The third kappa shape index (κ3) is 3.46. The van der Waals surface area contributed by atoms with Gasteiger partial charge in [0.25, 0.3) is 0 Å². The SMILES string of the molecule is CCC[N+]1(C)CCC(N2CCCCC2)N(C)CC1. The Hall–Kier alpha value is -0.120. The Morgan fingerprint density at radius 2 is 1.78 bits per heavy atom. The molecule has 0 aromatic heterocycles. The van der Waals surface area contributed by atoms with Gasteiger partial charge in [0.15, 0.2) is 0 Å². The van der Waals surface area contributed by atoms with Gasteiger partial charge in [-0.05, 0) is 39.4 Å². The van der Waals surface area contributed by atoms with E-state index in [9.17, 15) is 0 Å². The molecule has 3 nitrogen and oxygen atoms in total. The van der Waals surface area contributed by atoms with E-state index in [-0.39, 0.29) is 0 Å². The van der Waals surface area contributed by atoms with Gasteiger partial charge in [0.2, 0.25) is 0 Å². The van der Waals surface area contributed by atoms with Crippen LogP contribution in [0.3, 0.4) is 0 Å². The van der Waals surface area contributed by atoms with Crippen molar-refractivity contribution >= 4 is 0 Å². The zero-order valence-electron chi connectivity index (χ0n) is 12.7.